The van der Waals surface area contributed by atoms with E-state index in [2.05, 4.69) is 15.3 Å². The zero-order chi connectivity index (χ0) is 23.8. The fraction of sp³-hybridized carbons (Fsp3) is 0.810. The highest BCUT2D eigenvalue weighted by molar-refractivity contribution is 5.81. The van der Waals surface area contributed by atoms with E-state index in [1.807, 2.05) is 48.5 Å². The van der Waals surface area contributed by atoms with Gasteiger partial charge in [0, 0.05) is 0 Å². The molecule has 0 heterocycles. The highest BCUT2D eigenvalue weighted by atomic mass is 16.7. The van der Waals surface area contributed by atoms with E-state index in [-0.39, 0.29) is 38.3 Å². The van der Waals surface area contributed by atoms with Crippen LogP contribution < -0.4 is 5.32 Å². The summed E-state index contributed by atoms with van der Waals surface area (Å²) in [6, 6.07) is 0. The van der Waals surface area contributed by atoms with Crippen LogP contribution in [0, 0.1) is 10.8 Å². The molecule has 0 aliphatic rings. The monoisotopic (exact) mass is 432 g/mol. The van der Waals surface area contributed by atoms with Gasteiger partial charge < -0.3 is 19.9 Å². The van der Waals surface area contributed by atoms with Gasteiger partial charge in [-0.15, -0.1) is 0 Å². The van der Waals surface area contributed by atoms with Gasteiger partial charge in [0.05, 0.1) is 29.7 Å². The lowest BCUT2D eigenvalue weighted by atomic mass is 9.91. The second-order valence-corrected chi connectivity index (χ2v) is 7.96. The van der Waals surface area contributed by atoms with Gasteiger partial charge in [0.15, 0.2) is 0 Å². The number of hydrogen-bond donors (Lipinski definition) is 2. The van der Waals surface area contributed by atoms with Crippen molar-refractivity contribution in [1.29, 1.82) is 0 Å². The summed E-state index contributed by atoms with van der Waals surface area (Å²) >= 11 is 0. The second kappa shape index (κ2) is 15.6. The molecule has 0 rings (SSSR count). The van der Waals surface area contributed by atoms with E-state index in [4.69, 9.17) is 14.6 Å². The number of ether oxygens (including phenoxy) is 2. The summed E-state index contributed by atoms with van der Waals surface area (Å²) in [7, 11) is 0. The number of nitrogens with zero attached hydrogens (tertiary/aromatic N) is 1. The molecule has 0 aliphatic heterocycles. The van der Waals surface area contributed by atoms with Crippen LogP contribution in [0.4, 0.5) is 4.79 Å². The molecule has 2 N–H and O–H groups in total. The first-order chi connectivity index (χ1) is 13.9. The molecule has 1 amide bonds. The minimum Gasteiger partial charge on any atom is -0.463 e. The van der Waals surface area contributed by atoms with E-state index >= 15 is 0 Å². The Bertz CT molecular complexity index is 558. The van der Waals surface area contributed by atoms with E-state index in [0.717, 1.165) is 18.6 Å². The van der Waals surface area contributed by atoms with E-state index in [0.29, 0.717) is 6.42 Å². The lowest BCUT2D eigenvalue weighted by Gasteiger charge is -2.20. The normalized spacial score (nSPS) is 11.7. The van der Waals surface area contributed by atoms with Crippen LogP contribution in [-0.2, 0) is 23.9 Å². The Morgan fingerprint density at radius 2 is 1.37 bits per heavy atom. The van der Waals surface area contributed by atoms with Gasteiger partial charge in [-0.3, -0.25) is 14.4 Å². The van der Waals surface area contributed by atoms with E-state index in [1.54, 1.807) is 6.92 Å². The topological polar surface area (TPSA) is 124 Å². The molecule has 0 bridgehead atoms. The van der Waals surface area contributed by atoms with Gasteiger partial charge in [0.2, 0.25) is 0 Å². The third kappa shape index (κ3) is 13.9. The number of esters is 2. The maximum Gasteiger partial charge on any atom is 0.433 e. The van der Waals surface area contributed by atoms with Crippen molar-refractivity contribution in [3.05, 3.63) is 0 Å². The van der Waals surface area contributed by atoms with E-state index in [9.17, 15) is 14.4 Å². The number of hydrogen-bond acceptors (Lipinski definition) is 8. The van der Waals surface area contributed by atoms with Crippen molar-refractivity contribution in [3.63, 3.8) is 0 Å². The van der Waals surface area contributed by atoms with Crippen molar-refractivity contribution in [1.82, 2.24) is 5.32 Å². The van der Waals surface area contributed by atoms with Crippen molar-refractivity contribution in [2.24, 2.45) is 16.0 Å². The Balaban J connectivity index is 0. The molecule has 0 aromatic heterocycles. The van der Waals surface area contributed by atoms with Crippen LogP contribution in [0.1, 0.15) is 74.7 Å². The highest BCUT2D eigenvalue weighted by Gasteiger charge is 2.27. The molecule has 0 fully saturated rings. The number of aliphatic hydroxyl groups excluding tert-OH is 1. The lowest BCUT2D eigenvalue weighted by Crippen LogP contribution is -2.31. The van der Waals surface area contributed by atoms with Crippen LogP contribution in [0.2, 0.25) is 0 Å². The van der Waals surface area contributed by atoms with Gasteiger partial charge >= 0.3 is 18.0 Å². The summed E-state index contributed by atoms with van der Waals surface area (Å²) in [6.07, 6.45) is 1.51. The molecule has 0 saturated heterocycles. The molecule has 0 unspecified atom stereocenters. The summed E-state index contributed by atoms with van der Waals surface area (Å²) in [4.78, 5) is 38.5. The lowest BCUT2D eigenvalue weighted by molar-refractivity contribution is -0.155. The van der Waals surface area contributed by atoms with Gasteiger partial charge in [0.25, 0.3) is 0 Å². The van der Waals surface area contributed by atoms with Crippen molar-refractivity contribution in [2.75, 3.05) is 26.4 Å². The summed E-state index contributed by atoms with van der Waals surface area (Å²) in [5.74, 6) is -0.515. The average Bonchev–Trinajstić information content (AvgIpc) is 2.73. The number of carbonyl (C=O) groups excluding carboxylic acids is 3. The maximum atomic E-state index is 11.6. The predicted octanol–water partition coefficient (Wildman–Crippen LogP) is 3.44. The van der Waals surface area contributed by atoms with Crippen LogP contribution in [0.15, 0.2) is 5.16 Å². The van der Waals surface area contributed by atoms with Crippen LogP contribution in [0.3, 0.4) is 0 Å². The summed E-state index contributed by atoms with van der Waals surface area (Å²) in [5.41, 5.74) is -0.190. The number of carbonyl (C=O) groups is 3. The minimum atomic E-state index is -0.654. The number of nitrogens with one attached hydrogen (secondary N) is 1. The Morgan fingerprint density at radius 1 is 0.900 bits per heavy atom. The van der Waals surface area contributed by atoms with Gasteiger partial charge in [-0.2, -0.15) is 0 Å². The second-order valence-electron chi connectivity index (χ2n) is 7.96. The Labute approximate surface area is 180 Å². The quantitative estimate of drug-likeness (QED) is 0.168. The molecule has 0 spiro atoms. The molecule has 0 radical (unpaired) electrons. The summed E-state index contributed by atoms with van der Waals surface area (Å²) in [6.45, 7) is 15.1. The smallest absolute Gasteiger partial charge is 0.433 e. The summed E-state index contributed by atoms with van der Waals surface area (Å²) < 4.78 is 9.81. The Kier molecular flexibility index (Phi) is 15.7. The van der Waals surface area contributed by atoms with Gasteiger partial charge in [0.1, 0.15) is 13.2 Å². The molecular weight excluding hydrogens is 392 g/mol. The Morgan fingerprint density at radius 3 is 1.77 bits per heavy atom. The molecule has 176 valence electrons. The molecule has 9 heteroatoms. The zero-order valence-electron chi connectivity index (χ0n) is 19.8. The Hall–Kier alpha value is -2.16. The van der Waals surface area contributed by atoms with Crippen LogP contribution in [0.5, 0.6) is 0 Å². The first-order valence-corrected chi connectivity index (χ1v) is 10.3. The van der Waals surface area contributed by atoms with Crippen molar-refractivity contribution in [2.45, 2.75) is 74.7 Å². The molecule has 0 aliphatic carbocycles. The van der Waals surface area contributed by atoms with Crippen molar-refractivity contribution >= 4 is 23.7 Å². The molecule has 0 aromatic rings. The molecule has 0 aromatic carbocycles. The number of oxime groups is 1. The molecule has 0 atom stereocenters. The fourth-order valence-corrected chi connectivity index (χ4v) is 1.33. The fourth-order valence-electron chi connectivity index (χ4n) is 1.33. The molecule has 0 saturated carbocycles. The predicted molar refractivity (Wildman–Crippen MR) is 115 cm³/mol. The SMILES string of the molecule is CC/C(C)=N\OC(=O)NCCOC(=O)C(C)(C)CC.CCC(C)(C)C(=O)OCCO. The molecule has 30 heavy (non-hydrogen) atoms. The number of aliphatic hydroxyl groups is 1. The molecular formula is C21H40N2O7. The van der Waals surface area contributed by atoms with Crippen LogP contribution in [-0.4, -0.2) is 55.2 Å². The number of amides is 1. The highest BCUT2D eigenvalue weighted by Crippen LogP contribution is 2.21. The van der Waals surface area contributed by atoms with Crippen molar-refractivity contribution in [3.8, 4) is 0 Å². The maximum absolute atomic E-state index is 11.6. The molecule has 9 nitrogen and oxygen atoms in total. The van der Waals surface area contributed by atoms with Crippen LogP contribution in [0.25, 0.3) is 0 Å². The van der Waals surface area contributed by atoms with Gasteiger partial charge in [-0.1, -0.05) is 25.9 Å². The van der Waals surface area contributed by atoms with Gasteiger partial charge in [-0.05, 0) is 53.9 Å². The first kappa shape index (κ1) is 30.0. The first-order valence-electron chi connectivity index (χ1n) is 10.3. The van der Waals surface area contributed by atoms with E-state index in [1.165, 1.54) is 0 Å². The largest absolute Gasteiger partial charge is 0.463 e. The third-order valence-corrected chi connectivity index (χ3v) is 4.60. The van der Waals surface area contributed by atoms with Gasteiger partial charge in [-0.25, -0.2) is 4.79 Å². The number of rotatable bonds is 11. The van der Waals surface area contributed by atoms with E-state index < -0.39 is 16.9 Å². The average molecular weight is 433 g/mol. The summed E-state index contributed by atoms with van der Waals surface area (Å²) in [5, 5.41) is 14.4. The third-order valence-electron chi connectivity index (χ3n) is 4.60. The van der Waals surface area contributed by atoms with Crippen LogP contribution >= 0.6 is 0 Å². The van der Waals surface area contributed by atoms with Crippen molar-refractivity contribution < 1.29 is 33.8 Å². The zero-order valence-corrected chi connectivity index (χ0v) is 19.8. The standard InChI is InChI=1S/C13H24N2O4.C8H16O3/c1-6-10(3)15-19-12(17)14-8-9-18-11(16)13(4,5)7-2;1-4-8(2,3)7(10)11-6-5-9/h6-9H2,1-5H3,(H,14,17);9H,4-6H2,1-3H3/b15-10-;. The minimum absolute atomic E-state index is 0.0995.